The quantitative estimate of drug-likeness (QED) is 0.581. The third kappa shape index (κ3) is 5.33. The third-order valence-electron chi connectivity index (χ3n) is 4.67. The maximum Gasteiger partial charge on any atom is 0.387 e. The van der Waals surface area contributed by atoms with Gasteiger partial charge in [0.1, 0.15) is 17.1 Å². The standard InChI is InChI=1S/C22H20F3N3O4/c1-12(13(2)29)26-20(30)18-11-19(14-6-8-17(9-7-14)32-22(24)25)27-28(21(18)31)16-5-3-4-15(23)10-16/h3-13,22,29H,1-2H3,(H,26,30). The van der Waals surface area contributed by atoms with Crippen LogP contribution < -0.4 is 15.6 Å². The van der Waals surface area contributed by atoms with Gasteiger partial charge in [0.25, 0.3) is 11.5 Å². The molecular weight excluding hydrogens is 427 g/mol. The van der Waals surface area contributed by atoms with Gasteiger partial charge >= 0.3 is 6.61 Å². The minimum absolute atomic E-state index is 0.0778. The van der Waals surface area contributed by atoms with E-state index in [1.54, 1.807) is 6.92 Å². The van der Waals surface area contributed by atoms with Crippen LogP contribution in [-0.4, -0.2) is 39.6 Å². The van der Waals surface area contributed by atoms with Gasteiger partial charge in [-0.2, -0.15) is 18.6 Å². The van der Waals surface area contributed by atoms with Crippen LogP contribution in [0.5, 0.6) is 5.75 Å². The van der Waals surface area contributed by atoms with E-state index in [9.17, 15) is 27.9 Å². The number of nitrogens with zero attached hydrogens (tertiary/aromatic N) is 2. The lowest BCUT2D eigenvalue weighted by Gasteiger charge is -2.17. The van der Waals surface area contributed by atoms with Crippen molar-refractivity contribution in [2.45, 2.75) is 32.6 Å². The Morgan fingerprint density at radius 1 is 1.12 bits per heavy atom. The Morgan fingerprint density at radius 2 is 1.81 bits per heavy atom. The summed E-state index contributed by atoms with van der Waals surface area (Å²) in [5.41, 5.74) is -0.444. The van der Waals surface area contributed by atoms with Crippen LogP contribution >= 0.6 is 0 Å². The lowest BCUT2D eigenvalue weighted by atomic mass is 10.1. The van der Waals surface area contributed by atoms with Gasteiger partial charge in [-0.1, -0.05) is 6.07 Å². The fourth-order valence-electron chi connectivity index (χ4n) is 2.79. The predicted octanol–water partition coefficient (Wildman–Crippen LogP) is 3.14. The number of nitrogens with one attached hydrogen (secondary N) is 1. The molecule has 0 saturated heterocycles. The average Bonchev–Trinajstić information content (AvgIpc) is 2.74. The Bertz CT molecular complexity index is 1160. The Hall–Kier alpha value is -3.66. The number of aromatic nitrogens is 2. The van der Waals surface area contributed by atoms with E-state index in [1.807, 2.05) is 0 Å². The van der Waals surface area contributed by atoms with Crippen molar-refractivity contribution in [3.63, 3.8) is 0 Å². The van der Waals surface area contributed by atoms with E-state index in [4.69, 9.17) is 0 Å². The molecule has 7 nitrogen and oxygen atoms in total. The number of alkyl halides is 2. The highest BCUT2D eigenvalue weighted by molar-refractivity contribution is 5.95. The van der Waals surface area contributed by atoms with Gasteiger partial charge in [0.15, 0.2) is 0 Å². The highest BCUT2D eigenvalue weighted by atomic mass is 19.3. The molecule has 168 valence electrons. The molecule has 1 aromatic heterocycles. The number of aliphatic hydroxyl groups is 1. The van der Waals surface area contributed by atoms with Crippen LogP contribution in [-0.2, 0) is 0 Å². The summed E-state index contributed by atoms with van der Waals surface area (Å²) in [5.74, 6) is -1.44. The van der Waals surface area contributed by atoms with Gasteiger partial charge in [-0.25, -0.2) is 4.39 Å². The maximum atomic E-state index is 13.8. The van der Waals surface area contributed by atoms with E-state index in [1.165, 1.54) is 55.5 Å². The molecule has 0 saturated carbocycles. The Morgan fingerprint density at radius 3 is 2.41 bits per heavy atom. The summed E-state index contributed by atoms with van der Waals surface area (Å²) in [6.07, 6.45) is -0.868. The normalized spacial score (nSPS) is 13.0. The molecule has 1 heterocycles. The predicted molar refractivity (Wildman–Crippen MR) is 110 cm³/mol. The van der Waals surface area contributed by atoms with Gasteiger partial charge in [-0.15, -0.1) is 0 Å². The number of hydrogen-bond acceptors (Lipinski definition) is 5. The zero-order chi connectivity index (χ0) is 23.4. The van der Waals surface area contributed by atoms with E-state index in [0.29, 0.717) is 5.56 Å². The van der Waals surface area contributed by atoms with E-state index in [0.717, 1.165) is 10.7 Å². The molecule has 2 aromatic carbocycles. The lowest BCUT2D eigenvalue weighted by molar-refractivity contribution is -0.0498. The van der Waals surface area contributed by atoms with Crippen LogP contribution in [0.3, 0.4) is 0 Å². The summed E-state index contributed by atoms with van der Waals surface area (Å²) in [6, 6.07) is 11.1. The van der Waals surface area contributed by atoms with Gasteiger partial charge in [0.2, 0.25) is 0 Å². The summed E-state index contributed by atoms with van der Waals surface area (Å²) in [6.45, 7) is 0.0640. The number of halogens is 3. The second kappa shape index (κ2) is 9.65. The summed E-state index contributed by atoms with van der Waals surface area (Å²) < 4.78 is 43.7. The molecule has 0 aliphatic heterocycles. The number of benzene rings is 2. The highest BCUT2D eigenvalue weighted by Gasteiger charge is 2.20. The molecule has 0 radical (unpaired) electrons. The molecular formula is C22H20F3N3O4. The number of hydrogen-bond donors (Lipinski definition) is 2. The van der Waals surface area contributed by atoms with Crippen LogP contribution in [0.2, 0.25) is 0 Å². The fraction of sp³-hybridized carbons (Fsp3) is 0.227. The molecule has 2 unspecified atom stereocenters. The summed E-state index contributed by atoms with van der Waals surface area (Å²) >= 11 is 0. The largest absolute Gasteiger partial charge is 0.435 e. The minimum atomic E-state index is -2.99. The van der Waals surface area contributed by atoms with Gasteiger partial charge in [0.05, 0.1) is 23.5 Å². The molecule has 1 amide bonds. The van der Waals surface area contributed by atoms with Crippen molar-refractivity contribution in [3.8, 4) is 22.7 Å². The SMILES string of the molecule is CC(O)C(C)NC(=O)c1cc(-c2ccc(OC(F)F)cc2)nn(-c2cccc(F)c2)c1=O. The van der Waals surface area contributed by atoms with Crippen LogP contribution in [0.25, 0.3) is 16.9 Å². The summed E-state index contributed by atoms with van der Waals surface area (Å²) in [7, 11) is 0. The van der Waals surface area contributed by atoms with Crippen molar-refractivity contribution in [3.05, 3.63) is 76.3 Å². The molecule has 10 heteroatoms. The maximum absolute atomic E-state index is 13.8. The van der Waals surface area contributed by atoms with Crippen molar-refractivity contribution in [2.75, 3.05) is 0 Å². The van der Waals surface area contributed by atoms with Crippen molar-refractivity contribution >= 4 is 5.91 Å². The van der Waals surface area contributed by atoms with E-state index >= 15 is 0 Å². The van der Waals surface area contributed by atoms with E-state index in [-0.39, 0.29) is 22.7 Å². The second-order valence-electron chi connectivity index (χ2n) is 7.05. The number of aliphatic hydroxyl groups excluding tert-OH is 1. The Labute approximate surface area is 181 Å². The fourth-order valence-corrected chi connectivity index (χ4v) is 2.79. The number of amides is 1. The number of carbonyl (C=O) groups excluding carboxylic acids is 1. The van der Waals surface area contributed by atoms with Crippen LogP contribution in [0.1, 0.15) is 24.2 Å². The Kier molecular flexibility index (Phi) is 6.94. The number of rotatable bonds is 7. The van der Waals surface area contributed by atoms with Crippen molar-refractivity contribution in [1.29, 1.82) is 0 Å². The van der Waals surface area contributed by atoms with Gasteiger partial charge in [-0.05, 0) is 62.4 Å². The van der Waals surface area contributed by atoms with Crippen molar-refractivity contribution < 1.29 is 27.8 Å². The zero-order valence-electron chi connectivity index (χ0n) is 17.1. The second-order valence-corrected chi connectivity index (χ2v) is 7.05. The molecule has 3 rings (SSSR count). The van der Waals surface area contributed by atoms with E-state index < -0.39 is 36.0 Å². The first-order valence-electron chi connectivity index (χ1n) is 9.60. The lowest BCUT2D eigenvalue weighted by Crippen LogP contribution is -2.42. The summed E-state index contributed by atoms with van der Waals surface area (Å²) in [4.78, 5) is 25.7. The molecule has 0 aliphatic carbocycles. The van der Waals surface area contributed by atoms with Crippen LogP contribution in [0, 0.1) is 5.82 Å². The van der Waals surface area contributed by atoms with Gasteiger partial charge < -0.3 is 15.2 Å². The molecule has 32 heavy (non-hydrogen) atoms. The topological polar surface area (TPSA) is 93.4 Å². The highest BCUT2D eigenvalue weighted by Crippen LogP contribution is 2.22. The van der Waals surface area contributed by atoms with Gasteiger partial charge in [0, 0.05) is 5.56 Å². The molecule has 0 aliphatic rings. The van der Waals surface area contributed by atoms with Crippen LogP contribution in [0.4, 0.5) is 13.2 Å². The molecule has 2 N–H and O–H groups in total. The van der Waals surface area contributed by atoms with E-state index in [2.05, 4.69) is 15.2 Å². The first kappa shape index (κ1) is 23.0. The zero-order valence-corrected chi connectivity index (χ0v) is 17.1. The van der Waals surface area contributed by atoms with Gasteiger partial charge in [-0.3, -0.25) is 9.59 Å². The smallest absolute Gasteiger partial charge is 0.387 e. The number of ether oxygens (including phenoxy) is 1. The monoisotopic (exact) mass is 447 g/mol. The Balaban J connectivity index is 2.12. The molecule has 3 aromatic rings. The summed E-state index contributed by atoms with van der Waals surface area (Å²) in [5, 5.41) is 16.4. The molecule has 2 atom stereocenters. The number of carbonyl (C=O) groups is 1. The molecule has 0 spiro atoms. The van der Waals surface area contributed by atoms with Crippen molar-refractivity contribution in [2.24, 2.45) is 0 Å². The minimum Gasteiger partial charge on any atom is -0.435 e. The average molecular weight is 447 g/mol. The van der Waals surface area contributed by atoms with Crippen LogP contribution in [0.15, 0.2) is 59.4 Å². The first-order valence-corrected chi connectivity index (χ1v) is 9.60. The first-order chi connectivity index (χ1) is 15.2. The molecule has 0 fully saturated rings. The molecule has 0 bridgehead atoms. The van der Waals surface area contributed by atoms with Crippen molar-refractivity contribution in [1.82, 2.24) is 15.1 Å². The third-order valence-corrected chi connectivity index (χ3v) is 4.67.